The number of amides is 1. The molecule has 0 fully saturated rings. The van der Waals surface area contributed by atoms with E-state index in [0.29, 0.717) is 0 Å². The van der Waals surface area contributed by atoms with Crippen molar-refractivity contribution in [2.45, 2.75) is 19.2 Å². The molecule has 1 unspecified atom stereocenters. The molecule has 0 saturated heterocycles. The second-order valence-electron chi connectivity index (χ2n) is 3.69. The van der Waals surface area contributed by atoms with E-state index in [1.807, 2.05) is 11.4 Å². The summed E-state index contributed by atoms with van der Waals surface area (Å²) < 4.78 is 4.82. The molecule has 0 aromatic heterocycles. The first-order valence-corrected chi connectivity index (χ1v) is 4.93. The fourth-order valence-electron chi connectivity index (χ4n) is 1.02. The van der Waals surface area contributed by atoms with Crippen LogP contribution in [0.2, 0.25) is 0 Å². The van der Waals surface area contributed by atoms with Gasteiger partial charge in [0.1, 0.15) is 6.61 Å². The summed E-state index contributed by atoms with van der Waals surface area (Å²) in [5.41, 5.74) is 4.28. The molecule has 0 aliphatic heterocycles. The van der Waals surface area contributed by atoms with Crippen LogP contribution >= 0.6 is 0 Å². The lowest BCUT2D eigenvalue weighted by molar-refractivity contribution is -0.143. The summed E-state index contributed by atoms with van der Waals surface area (Å²) in [5.74, 6) is -1.34. The third-order valence-electron chi connectivity index (χ3n) is 2.02. The van der Waals surface area contributed by atoms with E-state index < -0.39 is 17.7 Å². The average molecular weight is 238 g/mol. The van der Waals surface area contributed by atoms with Gasteiger partial charge in [0.25, 0.3) is 0 Å². The van der Waals surface area contributed by atoms with E-state index in [0.717, 1.165) is 5.56 Å². The molecule has 0 aliphatic rings. The topological polar surface area (TPSA) is 102 Å². The Morgan fingerprint density at radius 2 is 2.00 bits per heavy atom. The Morgan fingerprint density at radius 1 is 1.41 bits per heavy atom. The fourth-order valence-corrected chi connectivity index (χ4v) is 1.02. The van der Waals surface area contributed by atoms with Crippen molar-refractivity contribution in [3.8, 4) is 0 Å². The molecular weight excluding hydrogens is 224 g/mol. The Morgan fingerprint density at radius 3 is 2.53 bits per heavy atom. The molecule has 1 atom stereocenters. The second kappa shape index (κ2) is 5.31. The highest BCUT2D eigenvalue weighted by molar-refractivity contribution is 5.83. The fraction of sp³-hybridized carbons (Fsp3) is 0.273. The molecule has 0 heterocycles. The third-order valence-corrected chi connectivity index (χ3v) is 2.02. The van der Waals surface area contributed by atoms with E-state index in [-0.39, 0.29) is 6.61 Å². The van der Waals surface area contributed by atoms with Crippen LogP contribution < -0.4 is 11.1 Å². The van der Waals surface area contributed by atoms with Crippen LogP contribution in [-0.4, -0.2) is 22.8 Å². The average Bonchev–Trinajstić information content (AvgIpc) is 2.27. The van der Waals surface area contributed by atoms with E-state index in [1.165, 1.54) is 6.92 Å². The smallest absolute Gasteiger partial charge is 0.409 e. The Hall–Kier alpha value is -2.08. The van der Waals surface area contributed by atoms with Gasteiger partial charge in [-0.2, -0.15) is 0 Å². The molecule has 1 amide bonds. The molecule has 1 rings (SSSR count). The van der Waals surface area contributed by atoms with Crippen molar-refractivity contribution in [1.82, 2.24) is 5.32 Å². The van der Waals surface area contributed by atoms with Gasteiger partial charge < -0.3 is 9.84 Å². The molecular formula is C11H14N2O4. The number of carboxylic acid groups (broad SMARTS) is 1. The van der Waals surface area contributed by atoms with Gasteiger partial charge in [-0.05, 0) is 12.5 Å². The second-order valence-corrected chi connectivity index (χ2v) is 3.69. The molecule has 0 saturated carbocycles. The number of aliphatic carboxylic acids is 1. The van der Waals surface area contributed by atoms with E-state index >= 15 is 0 Å². The first-order valence-electron chi connectivity index (χ1n) is 4.93. The summed E-state index contributed by atoms with van der Waals surface area (Å²) in [7, 11) is 0. The first-order chi connectivity index (χ1) is 7.92. The maximum absolute atomic E-state index is 11.3. The summed E-state index contributed by atoms with van der Waals surface area (Å²) in [6.07, 6.45) is -0.874. The van der Waals surface area contributed by atoms with Crippen LogP contribution in [0.1, 0.15) is 12.5 Å². The van der Waals surface area contributed by atoms with Crippen LogP contribution in [0.4, 0.5) is 4.79 Å². The number of alkyl carbamates (subject to hydrolysis) is 1. The number of benzene rings is 1. The zero-order valence-electron chi connectivity index (χ0n) is 9.34. The molecule has 92 valence electrons. The number of carboxylic acids is 1. The van der Waals surface area contributed by atoms with Gasteiger partial charge in [-0.15, -0.1) is 0 Å². The molecule has 1 aromatic rings. The van der Waals surface area contributed by atoms with Crippen LogP contribution in [0.15, 0.2) is 30.3 Å². The van der Waals surface area contributed by atoms with Gasteiger partial charge in [0, 0.05) is 0 Å². The van der Waals surface area contributed by atoms with Crippen LogP contribution in [-0.2, 0) is 16.1 Å². The Kier molecular flexibility index (Phi) is 4.06. The summed E-state index contributed by atoms with van der Waals surface area (Å²) in [6.45, 7) is 1.22. The van der Waals surface area contributed by atoms with Crippen molar-refractivity contribution in [3.05, 3.63) is 35.9 Å². The summed E-state index contributed by atoms with van der Waals surface area (Å²) in [5, 5.41) is 10.7. The molecule has 4 N–H and O–H groups in total. The number of nitrogens with one attached hydrogen (secondary N) is 1. The SMILES string of the molecule is CC(N)(NC(=O)OCc1ccccc1)C(=O)O. The zero-order valence-corrected chi connectivity index (χ0v) is 9.34. The predicted molar refractivity (Wildman–Crippen MR) is 60.0 cm³/mol. The van der Waals surface area contributed by atoms with Crippen molar-refractivity contribution < 1.29 is 19.4 Å². The minimum Gasteiger partial charge on any atom is -0.479 e. The first kappa shape index (κ1) is 13.0. The number of nitrogens with two attached hydrogens (primary N) is 1. The Balaban J connectivity index is 2.44. The summed E-state index contributed by atoms with van der Waals surface area (Å²) in [4.78, 5) is 21.9. The molecule has 6 heteroatoms. The lowest BCUT2D eigenvalue weighted by Gasteiger charge is -2.20. The molecule has 1 aromatic carbocycles. The monoisotopic (exact) mass is 238 g/mol. The normalized spacial score (nSPS) is 13.5. The largest absolute Gasteiger partial charge is 0.479 e. The number of rotatable bonds is 4. The van der Waals surface area contributed by atoms with Gasteiger partial charge in [-0.1, -0.05) is 30.3 Å². The van der Waals surface area contributed by atoms with Crippen molar-refractivity contribution in [3.63, 3.8) is 0 Å². The van der Waals surface area contributed by atoms with Gasteiger partial charge in [-0.25, -0.2) is 9.59 Å². The number of hydrogen-bond acceptors (Lipinski definition) is 4. The third kappa shape index (κ3) is 4.12. The van der Waals surface area contributed by atoms with Gasteiger partial charge >= 0.3 is 12.1 Å². The van der Waals surface area contributed by atoms with Crippen molar-refractivity contribution in [2.24, 2.45) is 5.73 Å². The van der Waals surface area contributed by atoms with Crippen LogP contribution in [0.5, 0.6) is 0 Å². The molecule has 0 radical (unpaired) electrons. The molecule has 0 aliphatic carbocycles. The maximum Gasteiger partial charge on any atom is 0.409 e. The lowest BCUT2D eigenvalue weighted by Crippen LogP contribution is -2.59. The summed E-state index contributed by atoms with van der Waals surface area (Å²) >= 11 is 0. The van der Waals surface area contributed by atoms with Crippen LogP contribution in [0, 0.1) is 0 Å². The van der Waals surface area contributed by atoms with Gasteiger partial charge in [0.15, 0.2) is 5.66 Å². The van der Waals surface area contributed by atoms with Crippen molar-refractivity contribution in [1.29, 1.82) is 0 Å². The minimum atomic E-state index is -1.84. The Bertz CT molecular complexity index is 403. The predicted octanol–water partition coefficient (Wildman–Crippen LogP) is 0.672. The molecule has 0 spiro atoms. The van der Waals surface area contributed by atoms with E-state index in [9.17, 15) is 9.59 Å². The highest BCUT2D eigenvalue weighted by Gasteiger charge is 2.30. The van der Waals surface area contributed by atoms with Crippen molar-refractivity contribution in [2.75, 3.05) is 0 Å². The minimum absolute atomic E-state index is 0.0579. The van der Waals surface area contributed by atoms with Gasteiger partial charge in [-0.3, -0.25) is 11.1 Å². The standard InChI is InChI=1S/C11H14N2O4/c1-11(12,9(14)15)13-10(16)17-7-8-5-3-2-4-6-8/h2-6H,7,12H2,1H3,(H,13,16)(H,14,15). The van der Waals surface area contributed by atoms with E-state index in [1.54, 1.807) is 24.3 Å². The van der Waals surface area contributed by atoms with E-state index in [2.05, 4.69) is 0 Å². The number of carbonyl (C=O) groups is 2. The number of hydrogen-bond donors (Lipinski definition) is 3. The number of ether oxygens (including phenoxy) is 1. The maximum atomic E-state index is 11.3. The Labute approximate surface area is 98.4 Å². The summed E-state index contributed by atoms with van der Waals surface area (Å²) in [6, 6.07) is 9.02. The highest BCUT2D eigenvalue weighted by atomic mass is 16.5. The van der Waals surface area contributed by atoms with Crippen molar-refractivity contribution >= 4 is 12.1 Å². The molecule has 6 nitrogen and oxygen atoms in total. The van der Waals surface area contributed by atoms with E-state index in [4.69, 9.17) is 15.6 Å². The quantitative estimate of drug-likeness (QED) is 0.669. The number of carbonyl (C=O) groups excluding carboxylic acids is 1. The zero-order chi connectivity index (χ0) is 12.9. The van der Waals surface area contributed by atoms with Crippen LogP contribution in [0.25, 0.3) is 0 Å². The lowest BCUT2D eigenvalue weighted by atomic mass is 10.2. The highest BCUT2D eigenvalue weighted by Crippen LogP contribution is 2.01. The van der Waals surface area contributed by atoms with Gasteiger partial charge in [0.2, 0.25) is 0 Å². The molecule has 17 heavy (non-hydrogen) atoms. The van der Waals surface area contributed by atoms with Crippen LogP contribution in [0.3, 0.4) is 0 Å². The van der Waals surface area contributed by atoms with Gasteiger partial charge in [0.05, 0.1) is 0 Å². The molecule has 0 bridgehead atoms.